The highest BCUT2D eigenvalue weighted by molar-refractivity contribution is 5.74. The lowest BCUT2D eigenvalue weighted by Gasteiger charge is -2.33. The third kappa shape index (κ3) is 5.33. The summed E-state index contributed by atoms with van der Waals surface area (Å²) in [5.41, 5.74) is 0. The van der Waals surface area contributed by atoms with E-state index in [4.69, 9.17) is 0 Å². The number of urea groups is 1. The molecule has 1 aromatic rings. The number of rotatable bonds is 6. The van der Waals surface area contributed by atoms with E-state index in [1.54, 1.807) is 0 Å². The Kier molecular flexibility index (Phi) is 6.50. The average Bonchev–Trinajstić information content (AvgIpc) is 3.18. The van der Waals surface area contributed by atoms with Gasteiger partial charge in [0.1, 0.15) is 5.82 Å². The fourth-order valence-corrected chi connectivity index (χ4v) is 3.90. The van der Waals surface area contributed by atoms with E-state index in [1.807, 2.05) is 24.4 Å². The average molecular weight is 345 g/mol. The number of pyridine rings is 1. The van der Waals surface area contributed by atoms with E-state index in [0.717, 1.165) is 38.3 Å². The Labute approximate surface area is 151 Å². The fourth-order valence-electron chi connectivity index (χ4n) is 3.90. The van der Waals surface area contributed by atoms with E-state index in [9.17, 15) is 4.79 Å². The van der Waals surface area contributed by atoms with Gasteiger partial charge in [-0.25, -0.2) is 9.78 Å². The van der Waals surface area contributed by atoms with Gasteiger partial charge < -0.3 is 20.4 Å². The van der Waals surface area contributed by atoms with Crippen LogP contribution in [0, 0.1) is 0 Å². The van der Waals surface area contributed by atoms with Gasteiger partial charge in [-0.05, 0) is 44.9 Å². The standard InChI is InChI=1S/C19H31N5O/c1-23(17-6-2-3-7-17)15-12-21-19(25)22-16-9-13-24(14-10-16)18-8-4-5-11-20-18/h4-5,8,11,16-17H,2-3,6-7,9-10,12-15H2,1H3,(H2,21,22,25). The third-order valence-electron chi connectivity index (χ3n) is 5.50. The zero-order chi connectivity index (χ0) is 17.5. The van der Waals surface area contributed by atoms with Crippen molar-refractivity contribution in [1.29, 1.82) is 0 Å². The number of carbonyl (C=O) groups is 1. The van der Waals surface area contributed by atoms with Crippen LogP contribution in [0.15, 0.2) is 24.4 Å². The molecular formula is C19H31N5O. The Morgan fingerprint density at radius 2 is 2.00 bits per heavy atom. The molecule has 2 aliphatic rings. The first-order chi connectivity index (χ1) is 12.2. The molecule has 3 rings (SSSR count). The van der Waals surface area contributed by atoms with Crippen LogP contribution in [-0.4, -0.2) is 61.2 Å². The van der Waals surface area contributed by atoms with Crippen molar-refractivity contribution in [1.82, 2.24) is 20.5 Å². The van der Waals surface area contributed by atoms with Gasteiger partial charge in [0.05, 0.1) is 0 Å². The Morgan fingerprint density at radius 3 is 2.68 bits per heavy atom. The molecule has 0 atom stereocenters. The quantitative estimate of drug-likeness (QED) is 0.830. The van der Waals surface area contributed by atoms with Crippen molar-refractivity contribution >= 4 is 11.8 Å². The summed E-state index contributed by atoms with van der Waals surface area (Å²) in [5.74, 6) is 1.03. The predicted molar refractivity (Wildman–Crippen MR) is 101 cm³/mol. The summed E-state index contributed by atoms with van der Waals surface area (Å²) in [6.45, 7) is 3.51. The van der Waals surface area contributed by atoms with Gasteiger partial charge in [0.25, 0.3) is 0 Å². The minimum absolute atomic E-state index is 0.0314. The Bertz CT molecular complexity index is 524. The second-order valence-corrected chi connectivity index (χ2v) is 7.27. The number of aromatic nitrogens is 1. The molecule has 138 valence electrons. The molecule has 1 aliphatic carbocycles. The maximum absolute atomic E-state index is 12.1. The van der Waals surface area contributed by atoms with Crippen LogP contribution in [0.25, 0.3) is 0 Å². The SMILES string of the molecule is CN(CCNC(=O)NC1CCN(c2ccccn2)CC1)C1CCCC1. The van der Waals surface area contributed by atoms with Gasteiger partial charge in [-0.15, -0.1) is 0 Å². The van der Waals surface area contributed by atoms with Gasteiger partial charge in [0.15, 0.2) is 0 Å². The zero-order valence-corrected chi connectivity index (χ0v) is 15.3. The third-order valence-corrected chi connectivity index (χ3v) is 5.50. The van der Waals surface area contributed by atoms with Crippen molar-refractivity contribution in [2.75, 3.05) is 38.1 Å². The maximum Gasteiger partial charge on any atom is 0.315 e. The molecule has 2 fully saturated rings. The smallest absolute Gasteiger partial charge is 0.315 e. The van der Waals surface area contributed by atoms with Crippen molar-refractivity contribution in [3.63, 3.8) is 0 Å². The number of hydrogen-bond donors (Lipinski definition) is 2. The monoisotopic (exact) mass is 345 g/mol. The van der Waals surface area contributed by atoms with Gasteiger partial charge in [0, 0.05) is 44.5 Å². The number of nitrogens with zero attached hydrogens (tertiary/aromatic N) is 3. The van der Waals surface area contributed by atoms with E-state index < -0.39 is 0 Å². The summed E-state index contributed by atoms with van der Waals surface area (Å²) in [4.78, 5) is 21.2. The summed E-state index contributed by atoms with van der Waals surface area (Å²) in [6.07, 6.45) is 9.06. The van der Waals surface area contributed by atoms with Crippen molar-refractivity contribution < 1.29 is 4.79 Å². The Hall–Kier alpha value is -1.82. The Morgan fingerprint density at radius 1 is 1.24 bits per heavy atom. The molecule has 6 heteroatoms. The second kappa shape index (κ2) is 9.04. The number of nitrogens with one attached hydrogen (secondary N) is 2. The van der Waals surface area contributed by atoms with Crippen LogP contribution in [-0.2, 0) is 0 Å². The molecule has 6 nitrogen and oxygen atoms in total. The zero-order valence-electron chi connectivity index (χ0n) is 15.3. The van der Waals surface area contributed by atoms with Crippen molar-refractivity contribution in [3.05, 3.63) is 24.4 Å². The predicted octanol–water partition coefficient (Wildman–Crippen LogP) is 2.22. The minimum atomic E-state index is -0.0314. The molecule has 1 aliphatic heterocycles. The van der Waals surface area contributed by atoms with Gasteiger partial charge in [-0.2, -0.15) is 0 Å². The molecule has 2 amide bonds. The molecule has 25 heavy (non-hydrogen) atoms. The normalized spacial score (nSPS) is 19.4. The molecule has 2 N–H and O–H groups in total. The summed E-state index contributed by atoms with van der Waals surface area (Å²) in [7, 11) is 2.17. The van der Waals surface area contributed by atoms with Crippen LogP contribution in [0.4, 0.5) is 10.6 Å². The number of carbonyl (C=O) groups excluding carboxylic acids is 1. The summed E-state index contributed by atoms with van der Waals surface area (Å²) in [6, 6.07) is 6.93. The molecule has 0 unspecified atom stereocenters. The summed E-state index contributed by atoms with van der Waals surface area (Å²) in [5, 5.41) is 6.13. The highest BCUT2D eigenvalue weighted by atomic mass is 16.2. The van der Waals surface area contributed by atoms with Crippen molar-refractivity contribution in [2.24, 2.45) is 0 Å². The topological polar surface area (TPSA) is 60.5 Å². The first-order valence-corrected chi connectivity index (χ1v) is 9.63. The number of piperidine rings is 1. The van der Waals surface area contributed by atoms with Gasteiger partial charge >= 0.3 is 6.03 Å². The Balaban J connectivity index is 1.31. The molecule has 1 saturated heterocycles. The van der Waals surface area contributed by atoms with Gasteiger partial charge in [0.2, 0.25) is 0 Å². The van der Waals surface area contributed by atoms with Crippen LogP contribution in [0.2, 0.25) is 0 Å². The molecule has 1 aromatic heterocycles. The van der Waals surface area contributed by atoms with Crippen molar-refractivity contribution in [3.8, 4) is 0 Å². The molecule has 0 bridgehead atoms. The first-order valence-electron chi connectivity index (χ1n) is 9.63. The molecule has 0 spiro atoms. The minimum Gasteiger partial charge on any atom is -0.356 e. The summed E-state index contributed by atoms with van der Waals surface area (Å²) < 4.78 is 0. The first kappa shape index (κ1) is 18.0. The van der Waals surface area contributed by atoms with E-state index in [1.165, 1.54) is 25.7 Å². The molecule has 1 saturated carbocycles. The molecule has 0 aromatic carbocycles. The molecule has 0 radical (unpaired) electrons. The van der Waals surface area contributed by atoms with E-state index in [2.05, 4.69) is 32.5 Å². The van der Waals surface area contributed by atoms with Crippen LogP contribution in [0.3, 0.4) is 0 Å². The largest absolute Gasteiger partial charge is 0.356 e. The van der Waals surface area contributed by atoms with Crippen LogP contribution in [0.5, 0.6) is 0 Å². The van der Waals surface area contributed by atoms with Crippen LogP contribution < -0.4 is 15.5 Å². The number of amides is 2. The number of anilines is 1. The summed E-state index contributed by atoms with van der Waals surface area (Å²) >= 11 is 0. The van der Waals surface area contributed by atoms with Crippen LogP contribution >= 0.6 is 0 Å². The van der Waals surface area contributed by atoms with Crippen molar-refractivity contribution in [2.45, 2.75) is 50.6 Å². The second-order valence-electron chi connectivity index (χ2n) is 7.27. The molecular weight excluding hydrogens is 314 g/mol. The van der Waals surface area contributed by atoms with E-state index >= 15 is 0 Å². The molecule has 2 heterocycles. The van der Waals surface area contributed by atoms with E-state index in [0.29, 0.717) is 12.6 Å². The number of likely N-dealkylation sites (N-methyl/N-ethyl adjacent to an activating group) is 1. The highest BCUT2D eigenvalue weighted by Gasteiger charge is 2.22. The highest BCUT2D eigenvalue weighted by Crippen LogP contribution is 2.21. The number of hydrogen-bond acceptors (Lipinski definition) is 4. The maximum atomic E-state index is 12.1. The lowest BCUT2D eigenvalue weighted by atomic mass is 10.1. The lowest BCUT2D eigenvalue weighted by molar-refractivity contribution is 0.224. The van der Waals surface area contributed by atoms with Gasteiger partial charge in [-0.3, -0.25) is 0 Å². The van der Waals surface area contributed by atoms with Gasteiger partial charge in [-0.1, -0.05) is 18.9 Å². The lowest BCUT2D eigenvalue weighted by Crippen LogP contribution is -2.49. The van der Waals surface area contributed by atoms with Crippen LogP contribution in [0.1, 0.15) is 38.5 Å². The fraction of sp³-hybridized carbons (Fsp3) is 0.684. The van der Waals surface area contributed by atoms with E-state index in [-0.39, 0.29) is 12.1 Å².